The Bertz CT molecular complexity index is 562. The van der Waals surface area contributed by atoms with E-state index in [2.05, 4.69) is 66.4 Å². The maximum absolute atomic E-state index is 5.45. The lowest BCUT2D eigenvalue weighted by molar-refractivity contribution is -0.00834. The number of hydrogen-bond acceptors (Lipinski definition) is 3. The number of morpholine rings is 1. The standard InChI is InChI=1S/C19H32N4O/c1-15-6-7-17(16(2)12-15)13-21-18(20-5)22-14-19(3,4)23-8-10-24-11-9-23/h6-7,12H,8-11,13-14H2,1-5H3,(H2,20,21,22). The van der Waals surface area contributed by atoms with E-state index in [0.717, 1.165) is 45.4 Å². The summed E-state index contributed by atoms with van der Waals surface area (Å²) in [5, 5.41) is 6.88. The first-order valence-electron chi connectivity index (χ1n) is 8.76. The van der Waals surface area contributed by atoms with Crippen LogP contribution in [-0.2, 0) is 11.3 Å². The molecule has 0 radical (unpaired) electrons. The summed E-state index contributed by atoms with van der Waals surface area (Å²) in [6.07, 6.45) is 0. The number of aryl methyl sites for hydroxylation is 2. The monoisotopic (exact) mass is 332 g/mol. The smallest absolute Gasteiger partial charge is 0.191 e. The van der Waals surface area contributed by atoms with E-state index in [0.29, 0.717) is 0 Å². The van der Waals surface area contributed by atoms with Gasteiger partial charge in [0.2, 0.25) is 0 Å². The number of guanidine groups is 1. The summed E-state index contributed by atoms with van der Waals surface area (Å²) >= 11 is 0. The summed E-state index contributed by atoms with van der Waals surface area (Å²) in [4.78, 5) is 6.82. The third kappa shape index (κ3) is 5.21. The third-order valence-corrected chi connectivity index (χ3v) is 4.72. The lowest BCUT2D eigenvalue weighted by Crippen LogP contribution is -2.56. The zero-order valence-electron chi connectivity index (χ0n) is 15.8. The molecule has 0 aliphatic carbocycles. The molecule has 1 saturated heterocycles. The summed E-state index contributed by atoms with van der Waals surface area (Å²) in [5.74, 6) is 0.844. The summed E-state index contributed by atoms with van der Waals surface area (Å²) < 4.78 is 5.45. The maximum atomic E-state index is 5.45. The van der Waals surface area contributed by atoms with E-state index in [-0.39, 0.29) is 5.54 Å². The Labute approximate surface area is 146 Å². The lowest BCUT2D eigenvalue weighted by Gasteiger charge is -2.41. The van der Waals surface area contributed by atoms with Crippen LogP contribution in [0.2, 0.25) is 0 Å². The molecule has 0 spiro atoms. The van der Waals surface area contributed by atoms with Gasteiger partial charge in [-0.25, -0.2) is 0 Å². The predicted octanol–water partition coefficient (Wildman–Crippen LogP) is 2.08. The van der Waals surface area contributed by atoms with Crippen LogP contribution < -0.4 is 10.6 Å². The molecular weight excluding hydrogens is 300 g/mol. The average Bonchev–Trinajstić information content (AvgIpc) is 2.57. The highest BCUT2D eigenvalue weighted by molar-refractivity contribution is 5.79. The SMILES string of the molecule is CN=C(NCc1ccc(C)cc1C)NCC(C)(C)N1CCOCC1. The molecule has 5 nitrogen and oxygen atoms in total. The van der Waals surface area contributed by atoms with E-state index in [4.69, 9.17) is 4.74 Å². The first-order chi connectivity index (χ1) is 11.4. The zero-order chi connectivity index (χ0) is 17.6. The van der Waals surface area contributed by atoms with Crippen LogP contribution in [0.25, 0.3) is 0 Å². The second kappa shape index (κ2) is 8.49. The highest BCUT2D eigenvalue weighted by Crippen LogP contribution is 2.15. The summed E-state index contributed by atoms with van der Waals surface area (Å²) in [6.45, 7) is 14.1. The van der Waals surface area contributed by atoms with Crippen LogP contribution in [-0.4, -0.2) is 56.3 Å². The van der Waals surface area contributed by atoms with Gasteiger partial charge in [0, 0.05) is 38.8 Å². The Morgan fingerprint density at radius 1 is 1.21 bits per heavy atom. The first kappa shape index (κ1) is 18.7. The summed E-state index contributed by atoms with van der Waals surface area (Å²) in [6, 6.07) is 6.55. The molecular formula is C19H32N4O. The molecule has 134 valence electrons. The van der Waals surface area contributed by atoms with Gasteiger partial charge in [0.25, 0.3) is 0 Å². The van der Waals surface area contributed by atoms with Crippen molar-refractivity contribution in [1.82, 2.24) is 15.5 Å². The van der Waals surface area contributed by atoms with Crippen LogP contribution in [0.4, 0.5) is 0 Å². The van der Waals surface area contributed by atoms with E-state index in [1.807, 2.05) is 7.05 Å². The number of nitrogens with one attached hydrogen (secondary N) is 2. The number of hydrogen-bond donors (Lipinski definition) is 2. The van der Waals surface area contributed by atoms with Gasteiger partial charge in [-0.15, -0.1) is 0 Å². The minimum atomic E-state index is 0.0706. The highest BCUT2D eigenvalue weighted by atomic mass is 16.5. The quantitative estimate of drug-likeness (QED) is 0.640. The van der Waals surface area contributed by atoms with Crippen molar-refractivity contribution in [1.29, 1.82) is 0 Å². The Morgan fingerprint density at radius 3 is 2.54 bits per heavy atom. The van der Waals surface area contributed by atoms with Crippen LogP contribution in [0.5, 0.6) is 0 Å². The zero-order valence-corrected chi connectivity index (χ0v) is 15.8. The number of rotatable bonds is 5. The number of ether oxygens (including phenoxy) is 1. The molecule has 0 saturated carbocycles. The molecule has 1 aromatic carbocycles. The van der Waals surface area contributed by atoms with Gasteiger partial charge in [0.1, 0.15) is 0 Å². The van der Waals surface area contributed by atoms with Crippen molar-refractivity contribution in [2.45, 2.75) is 39.8 Å². The molecule has 0 amide bonds. The van der Waals surface area contributed by atoms with Gasteiger partial charge >= 0.3 is 0 Å². The minimum absolute atomic E-state index is 0.0706. The molecule has 0 bridgehead atoms. The average molecular weight is 332 g/mol. The van der Waals surface area contributed by atoms with E-state index >= 15 is 0 Å². The Hall–Kier alpha value is -1.59. The van der Waals surface area contributed by atoms with Crippen LogP contribution in [0.3, 0.4) is 0 Å². The fraction of sp³-hybridized carbons (Fsp3) is 0.632. The van der Waals surface area contributed by atoms with Crippen molar-refractivity contribution in [3.8, 4) is 0 Å². The lowest BCUT2D eigenvalue weighted by atomic mass is 10.0. The molecule has 2 rings (SSSR count). The van der Waals surface area contributed by atoms with Crippen molar-refractivity contribution in [2.24, 2.45) is 4.99 Å². The van der Waals surface area contributed by atoms with Gasteiger partial charge in [-0.3, -0.25) is 9.89 Å². The Morgan fingerprint density at radius 2 is 1.92 bits per heavy atom. The van der Waals surface area contributed by atoms with Crippen molar-refractivity contribution < 1.29 is 4.74 Å². The number of nitrogens with zero attached hydrogens (tertiary/aromatic N) is 2. The van der Waals surface area contributed by atoms with Crippen LogP contribution in [0.15, 0.2) is 23.2 Å². The minimum Gasteiger partial charge on any atom is -0.379 e. The summed E-state index contributed by atoms with van der Waals surface area (Å²) in [7, 11) is 1.82. The van der Waals surface area contributed by atoms with Crippen molar-refractivity contribution in [3.05, 3.63) is 34.9 Å². The molecule has 1 aliphatic heterocycles. The second-order valence-electron chi connectivity index (χ2n) is 7.12. The number of aliphatic imine (C=N–C) groups is 1. The molecule has 0 aromatic heterocycles. The van der Waals surface area contributed by atoms with Gasteiger partial charge < -0.3 is 15.4 Å². The fourth-order valence-electron chi connectivity index (χ4n) is 3.02. The second-order valence-corrected chi connectivity index (χ2v) is 7.12. The van der Waals surface area contributed by atoms with E-state index in [1.165, 1.54) is 16.7 Å². The van der Waals surface area contributed by atoms with E-state index in [9.17, 15) is 0 Å². The Kier molecular flexibility index (Phi) is 6.63. The Balaban J connectivity index is 1.85. The molecule has 24 heavy (non-hydrogen) atoms. The van der Waals surface area contributed by atoms with E-state index in [1.54, 1.807) is 0 Å². The number of benzene rings is 1. The molecule has 1 fully saturated rings. The molecule has 0 atom stereocenters. The summed E-state index contributed by atoms with van der Waals surface area (Å²) in [5.41, 5.74) is 3.98. The molecule has 2 N–H and O–H groups in total. The van der Waals surface area contributed by atoms with Crippen LogP contribution in [0.1, 0.15) is 30.5 Å². The highest BCUT2D eigenvalue weighted by Gasteiger charge is 2.28. The van der Waals surface area contributed by atoms with Crippen molar-refractivity contribution in [2.75, 3.05) is 39.9 Å². The molecule has 1 heterocycles. The van der Waals surface area contributed by atoms with Crippen LogP contribution >= 0.6 is 0 Å². The fourth-order valence-corrected chi connectivity index (χ4v) is 3.02. The van der Waals surface area contributed by atoms with Crippen molar-refractivity contribution in [3.63, 3.8) is 0 Å². The maximum Gasteiger partial charge on any atom is 0.191 e. The molecule has 5 heteroatoms. The van der Waals surface area contributed by atoms with E-state index < -0.39 is 0 Å². The predicted molar refractivity (Wildman–Crippen MR) is 101 cm³/mol. The van der Waals surface area contributed by atoms with Gasteiger partial charge in [0.05, 0.1) is 13.2 Å². The van der Waals surface area contributed by atoms with Gasteiger partial charge in [-0.05, 0) is 38.8 Å². The first-order valence-corrected chi connectivity index (χ1v) is 8.76. The topological polar surface area (TPSA) is 48.9 Å². The van der Waals surface area contributed by atoms with Gasteiger partial charge in [-0.1, -0.05) is 23.8 Å². The van der Waals surface area contributed by atoms with Crippen LogP contribution in [0, 0.1) is 13.8 Å². The molecule has 1 aromatic rings. The van der Waals surface area contributed by atoms with Crippen molar-refractivity contribution >= 4 is 5.96 Å². The van der Waals surface area contributed by atoms with Gasteiger partial charge in [0.15, 0.2) is 5.96 Å². The van der Waals surface area contributed by atoms with Gasteiger partial charge in [-0.2, -0.15) is 0 Å². The largest absolute Gasteiger partial charge is 0.379 e. The third-order valence-electron chi connectivity index (χ3n) is 4.72. The molecule has 0 unspecified atom stereocenters. The normalized spacial score (nSPS) is 17.0. The molecule has 1 aliphatic rings.